The number of thiophene rings is 1. The third-order valence-corrected chi connectivity index (χ3v) is 4.44. The molecule has 1 aromatic carbocycles. The van der Waals surface area contributed by atoms with Gasteiger partial charge < -0.3 is 4.79 Å². The van der Waals surface area contributed by atoms with E-state index in [2.05, 4.69) is 15.9 Å². The average molecular weight is 295 g/mol. The standard InChI is InChI=1S/C13H11BrOS/c14-12-6-7-16-13(12)8-11(9-15)10-4-2-1-3-5-10/h1-7,9,11H,8H2. The molecule has 0 spiro atoms. The molecule has 0 saturated heterocycles. The number of carbonyl (C=O) groups is 1. The van der Waals surface area contributed by atoms with Gasteiger partial charge in [0.2, 0.25) is 0 Å². The lowest BCUT2D eigenvalue weighted by Gasteiger charge is -2.09. The molecule has 0 aliphatic carbocycles. The highest BCUT2D eigenvalue weighted by Crippen LogP contribution is 2.28. The summed E-state index contributed by atoms with van der Waals surface area (Å²) in [5.74, 6) is -0.0452. The first-order chi connectivity index (χ1) is 7.81. The summed E-state index contributed by atoms with van der Waals surface area (Å²) in [6, 6.07) is 11.9. The van der Waals surface area contributed by atoms with Crippen molar-refractivity contribution in [2.45, 2.75) is 12.3 Å². The Bertz CT molecular complexity index is 464. The number of carbonyl (C=O) groups excluding carboxylic acids is 1. The van der Waals surface area contributed by atoms with Gasteiger partial charge in [0.1, 0.15) is 6.29 Å². The van der Waals surface area contributed by atoms with Crippen LogP contribution in [0.25, 0.3) is 0 Å². The van der Waals surface area contributed by atoms with Crippen LogP contribution in [0.4, 0.5) is 0 Å². The summed E-state index contributed by atoms with van der Waals surface area (Å²) in [6.45, 7) is 0. The van der Waals surface area contributed by atoms with Crippen molar-refractivity contribution in [3.05, 3.63) is 56.7 Å². The van der Waals surface area contributed by atoms with Crippen LogP contribution in [0.3, 0.4) is 0 Å². The third-order valence-electron chi connectivity index (χ3n) is 2.49. The number of aldehydes is 1. The maximum Gasteiger partial charge on any atom is 0.127 e. The van der Waals surface area contributed by atoms with Crippen LogP contribution in [0.2, 0.25) is 0 Å². The second-order valence-corrected chi connectivity index (χ2v) is 5.40. The molecule has 3 heteroatoms. The van der Waals surface area contributed by atoms with Gasteiger partial charge in [-0.2, -0.15) is 0 Å². The summed E-state index contributed by atoms with van der Waals surface area (Å²) in [7, 11) is 0. The smallest absolute Gasteiger partial charge is 0.127 e. The van der Waals surface area contributed by atoms with E-state index in [1.165, 1.54) is 4.88 Å². The van der Waals surface area contributed by atoms with Crippen LogP contribution in [0, 0.1) is 0 Å². The van der Waals surface area contributed by atoms with Crippen LogP contribution in [0.5, 0.6) is 0 Å². The highest BCUT2D eigenvalue weighted by Gasteiger charge is 2.13. The van der Waals surface area contributed by atoms with Crippen LogP contribution < -0.4 is 0 Å². The molecule has 0 saturated carbocycles. The highest BCUT2D eigenvalue weighted by molar-refractivity contribution is 9.10. The number of hydrogen-bond acceptors (Lipinski definition) is 2. The topological polar surface area (TPSA) is 17.1 Å². The van der Waals surface area contributed by atoms with E-state index in [0.717, 1.165) is 22.7 Å². The molecule has 0 amide bonds. The van der Waals surface area contributed by atoms with Gasteiger partial charge in [-0.05, 0) is 39.4 Å². The molecule has 0 aliphatic rings. The Morgan fingerprint density at radius 2 is 2.00 bits per heavy atom. The molecular formula is C13H11BrOS. The largest absolute Gasteiger partial charge is 0.303 e. The Balaban J connectivity index is 2.19. The molecule has 0 fully saturated rings. The molecule has 0 aliphatic heterocycles. The predicted molar refractivity (Wildman–Crippen MR) is 71.0 cm³/mol. The first-order valence-electron chi connectivity index (χ1n) is 5.03. The van der Waals surface area contributed by atoms with Crippen molar-refractivity contribution >= 4 is 33.6 Å². The molecule has 82 valence electrons. The fourth-order valence-corrected chi connectivity index (χ4v) is 3.19. The normalized spacial score (nSPS) is 12.3. The van der Waals surface area contributed by atoms with E-state index in [1.54, 1.807) is 11.3 Å². The number of benzene rings is 1. The van der Waals surface area contributed by atoms with Gasteiger partial charge in [-0.15, -0.1) is 11.3 Å². The molecule has 1 aromatic heterocycles. The fourth-order valence-electron chi connectivity index (χ4n) is 1.62. The van der Waals surface area contributed by atoms with Crippen molar-refractivity contribution in [2.75, 3.05) is 0 Å². The van der Waals surface area contributed by atoms with E-state index in [1.807, 2.05) is 41.8 Å². The minimum atomic E-state index is -0.0452. The van der Waals surface area contributed by atoms with Gasteiger partial charge in [-0.25, -0.2) is 0 Å². The number of hydrogen-bond donors (Lipinski definition) is 0. The van der Waals surface area contributed by atoms with Crippen molar-refractivity contribution in [3.8, 4) is 0 Å². The summed E-state index contributed by atoms with van der Waals surface area (Å²) in [5, 5.41) is 2.03. The van der Waals surface area contributed by atoms with Gasteiger partial charge in [0.05, 0.1) is 0 Å². The minimum absolute atomic E-state index is 0.0452. The SMILES string of the molecule is O=CC(Cc1sccc1Br)c1ccccc1. The molecule has 0 radical (unpaired) electrons. The van der Waals surface area contributed by atoms with Crippen LogP contribution in [-0.2, 0) is 11.2 Å². The summed E-state index contributed by atoms with van der Waals surface area (Å²) in [6.07, 6.45) is 1.80. The van der Waals surface area contributed by atoms with E-state index < -0.39 is 0 Å². The molecule has 1 atom stereocenters. The summed E-state index contributed by atoms with van der Waals surface area (Å²) >= 11 is 5.17. The van der Waals surface area contributed by atoms with E-state index in [-0.39, 0.29) is 5.92 Å². The fraction of sp³-hybridized carbons (Fsp3) is 0.154. The zero-order valence-electron chi connectivity index (χ0n) is 8.60. The van der Waals surface area contributed by atoms with Gasteiger partial charge in [-0.3, -0.25) is 0 Å². The Kier molecular flexibility index (Phi) is 3.91. The predicted octanol–water partition coefficient (Wildman–Crippen LogP) is 4.04. The molecule has 16 heavy (non-hydrogen) atoms. The quantitative estimate of drug-likeness (QED) is 0.778. The molecule has 2 rings (SSSR count). The second-order valence-electron chi connectivity index (χ2n) is 3.55. The molecular weight excluding hydrogens is 284 g/mol. The Morgan fingerprint density at radius 3 is 2.56 bits per heavy atom. The van der Waals surface area contributed by atoms with E-state index in [0.29, 0.717) is 0 Å². The molecule has 1 heterocycles. The van der Waals surface area contributed by atoms with E-state index in [9.17, 15) is 4.79 Å². The Morgan fingerprint density at radius 1 is 1.25 bits per heavy atom. The lowest BCUT2D eigenvalue weighted by atomic mass is 9.97. The maximum absolute atomic E-state index is 11.1. The second kappa shape index (κ2) is 5.41. The van der Waals surface area contributed by atoms with Crippen LogP contribution in [0.15, 0.2) is 46.3 Å². The molecule has 0 N–H and O–H groups in total. The van der Waals surface area contributed by atoms with Gasteiger partial charge in [0, 0.05) is 15.3 Å². The zero-order chi connectivity index (χ0) is 11.4. The van der Waals surface area contributed by atoms with Crippen LogP contribution in [-0.4, -0.2) is 6.29 Å². The minimum Gasteiger partial charge on any atom is -0.303 e. The molecule has 0 bridgehead atoms. The lowest BCUT2D eigenvalue weighted by Crippen LogP contribution is -2.03. The number of halogens is 1. The summed E-state index contributed by atoms with van der Waals surface area (Å²) in [4.78, 5) is 12.4. The Labute approximate surface area is 107 Å². The van der Waals surface area contributed by atoms with Gasteiger partial charge in [0.25, 0.3) is 0 Å². The van der Waals surface area contributed by atoms with E-state index >= 15 is 0 Å². The molecule has 1 unspecified atom stereocenters. The monoisotopic (exact) mass is 294 g/mol. The average Bonchev–Trinajstić information content (AvgIpc) is 2.73. The van der Waals surface area contributed by atoms with Crippen LogP contribution in [0.1, 0.15) is 16.4 Å². The van der Waals surface area contributed by atoms with Crippen molar-refractivity contribution in [1.82, 2.24) is 0 Å². The van der Waals surface area contributed by atoms with Crippen LogP contribution >= 0.6 is 27.3 Å². The lowest BCUT2D eigenvalue weighted by molar-refractivity contribution is -0.109. The maximum atomic E-state index is 11.1. The van der Waals surface area contributed by atoms with Crippen molar-refractivity contribution in [3.63, 3.8) is 0 Å². The summed E-state index contributed by atoms with van der Waals surface area (Å²) < 4.78 is 1.10. The van der Waals surface area contributed by atoms with Gasteiger partial charge in [-0.1, -0.05) is 30.3 Å². The van der Waals surface area contributed by atoms with Crippen molar-refractivity contribution < 1.29 is 4.79 Å². The first kappa shape index (κ1) is 11.6. The zero-order valence-corrected chi connectivity index (χ0v) is 11.0. The van der Waals surface area contributed by atoms with Gasteiger partial charge >= 0.3 is 0 Å². The summed E-state index contributed by atoms with van der Waals surface area (Å²) in [5.41, 5.74) is 1.08. The van der Waals surface area contributed by atoms with E-state index in [4.69, 9.17) is 0 Å². The molecule has 1 nitrogen and oxygen atoms in total. The first-order valence-corrected chi connectivity index (χ1v) is 6.70. The third kappa shape index (κ3) is 2.60. The molecule has 2 aromatic rings. The van der Waals surface area contributed by atoms with Gasteiger partial charge in [0.15, 0.2) is 0 Å². The van der Waals surface area contributed by atoms with Crippen molar-refractivity contribution in [1.29, 1.82) is 0 Å². The van der Waals surface area contributed by atoms with Crippen molar-refractivity contribution in [2.24, 2.45) is 0 Å². The number of rotatable bonds is 4. The highest BCUT2D eigenvalue weighted by atomic mass is 79.9. The Hall–Kier alpha value is -0.930.